The van der Waals surface area contributed by atoms with Crippen molar-refractivity contribution in [2.45, 2.75) is 4.90 Å². The topological polar surface area (TPSA) is 64.6 Å². The predicted molar refractivity (Wildman–Crippen MR) is 99.4 cm³/mol. The Morgan fingerprint density at radius 1 is 0.960 bits per heavy atom. The zero-order chi connectivity index (χ0) is 18.2. The number of thioether (sulfide) groups is 1. The van der Waals surface area contributed by atoms with Gasteiger partial charge in [0.1, 0.15) is 5.70 Å². The number of ether oxygens (including phenoxy) is 2. The number of esters is 2. The number of carbonyl (C=O) groups excluding carboxylic acids is 2. The molecule has 0 aliphatic rings. The lowest BCUT2D eigenvalue weighted by atomic mass is 10.0. The van der Waals surface area contributed by atoms with Crippen molar-refractivity contribution in [2.24, 2.45) is 0 Å². The van der Waals surface area contributed by atoms with E-state index >= 15 is 0 Å². The number of carbonyl (C=O) groups is 2. The van der Waals surface area contributed by atoms with E-state index in [2.05, 4.69) is 10.1 Å². The van der Waals surface area contributed by atoms with Gasteiger partial charge in [0.15, 0.2) is 0 Å². The van der Waals surface area contributed by atoms with Gasteiger partial charge in [0.05, 0.1) is 20.3 Å². The van der Waals surface area contributed by atoms with Crippen LogP contribution in [-0.2, 0) is 19.1 Å². The van der Waals surface area contributed by atoms with Crippen LogP contribution < -0.4 is 5.32 Å². The molecule has 6 heteroatoms. The van der Waals surface area contributed by atoms with Crippen LogP contribution in [0.3, 0.4) is 0 Å². The SMILES string of the molecule is COC(=O)/C=C(/Nc1ccccc1-c1ccccc1SC)C(=O)OC. The molecule has 5 nitrogen and oxygen atoms in total. The summed E-state index contributed by atoms with van der Waals surface area (Å²) in [6, 6.07) is 15.5. The molecule has 2 aromatic rings. The number of nitrogens with one attached hydrogen (secondary N) is 1. The highest BCUT2D eigenvalue weighted by molar-refractivity contribution is 7.98. The number of rotatable bonds is 6. The molecule has 0 saturated heterocycles. The Hall–Kier alpha value is -2.73. The first-order chi connectivity index (χ1) is 12.1. The number of anilines is 1. The summed E-state index contributed by atoms with van der Waals surface area (Å²) in [6.07, 6.45) is 3.08. The van der Waals surface area contributed by atoms with Gasteiger partial charge in [0.2, 0.25) is 0 Å². The highest BCUT2D eigenvalue weighted by Gasteiger charge is 2.16. The highest BCUT2D eigenvalue weighted by Crippen LogP contribution is 2.35. The van der Waals surface area contributed by atoms with Gasteiger partial charge in [-0.05, 0) is 24.0 Å². The minimum Gasteiger partial charge on any atom is -0.466 e. The van der Waals surface area contributed by atoms with Crippen LogP contribution in [0, 0.1) is 0 Å². The summed E-state index contributed by atoms with van der Waals surface area (Å²) < 4.78 is 9.34. The van der Waals surface area contributed by atoms with E-state index < -0.39 is 11.9 Å². The number of methoxy groups -OCH3 is 2. The molecule has 0 fully saturated rings. The van der Waals surface area contributed by atoms with Gasteiger partial charge in [-0.1, -0.05) is 36.4 Å². The third-order valence-corrected chi connectivity index (χ3v) is 4.26. The third kappa shape index (κ3) is 4.64. The van der Waals surface area contributed by atoms with Gasteiger partial charge in [0.25, 0.3) is 0 Å². The van der Waals surface area contributed by atoms with Crippen LogP contribution >= 0.6 is 11.8 Å². The third-order valence-electron chi connectivity index (χ3n) is 3.46. The molecular formula is C19H19NO4S. The van der Waals surface area contributed by atoms with Crippen molar-refractivity contribution >= 4 is 29.4 Å². The summed E-state index contributed by atoms with van der Waals surface area (Å²) in [7, 11) is 2.50. The van der Waals surface area contributed by atoms with Gasteiger partial charge in [0, 0.05) is 16.1 Å². The lowest BCUT2D eigenvalue weighted by Crippen LogP contribution is -2.15. The maximum Gasteiger partial charge on any atom is 0.354 e. The van der Waals surface area contributed by atoms with Crippen LogP contribution in [0.5, 0.6) is 0 Å². The maximum atomic E-state index is 12.0. The first-order valence-electron chi connectivity index (χ1n) is 7.48. The average molecular weight is 357 g/mol. The molecular weight excluding hydrogens is 338 g/mol. The Kier molecular flexibility index (Phi) is 6.65. The van der Waals surface area contributed by atoms with E-state index in [1.54, 1.807) is 11.8 Å². The van der Waals surface area contributed by atoms with Crippen LogP contribution in [0.4, 0.5) is 5.69 Å². The minimum atomic E-state index is -0.654. The van der Waals surface area contributed by atoms with E-state index in [1.807, 2.05) is 54.8 Å². The van der Waals surface area contributed by atoms with Crippen molar-refractivity contribution in [1.82, 2.24) is 0 Å². The van der Waals surface area contributed by atoms with Crippen molar-refractivity contribution in [1.29, 1.82) is 0 Å². The molecule has 0 unspecified atom stereocenters. The summed E-state index contributed by atoms with van der Waals surface area (Å²) in [5.41, 5.74) is 2.63. The zero-order valence-electron chi connectivity index (χ0n) is 14.2. The first-order valence-corrected chi connectivity index (χ1v) is 8.70. The Labute approximate surface area is 151 Å². The molecule has 2 rings (SSSR count). The van der Waals surface area contributed by atoms with E-state index in [1.165, 1.54) is 14.2 Å². The van der Waals surface area contributed by atoms with Crippen LogP contribution in [0.2, 0.25) is 0 Å². The minimum absolute atomic E-state index is 0.00318. The zero-order valence-corrected chi connectivity index (χ0v) is 15.1. The molecule has 0 aliphatic carbocycles. The first kappa shape index (κ1) is 18.6. The van der Waals surface area contributed by atoms with Gasteiger partial charge < -0.3 is 14.8 Å². The molecule has 1 N–H and O–H groups in total. The van der Waals surface area contributed by atoms with Gasteiger partial charge in [-0.15, -0.1) is 11.8 Å². The highest BCUT2D eigenvalue weighted by atomic mass is 32.2. The van der Waals surface area contributed by atoms with Crippen LogP contribution in [-0.4, -0.2) is 32.4 Å². The van der Waals surface area contributed by atoms with Crippen molar-refractivity contribution in [2.75, 3.05) is 25.8 Å². The molecule has 0 amide bonds. The molecule has 0 atom stereocenters. The standard InChI is InChI=1S/C19H19NO4S/c1-23-18(21)12-16(19(22)24-2)20-15-10-6-4-8-13(15)14-9-5-7-11-17(14)25-3/h4-12,20H,1-3H3/b16-12+. The summed E-state index contributed by atoms with van der Waals surface area (Å²) >= 11 is 1.63. The number of benzene rings is 2. The molecule has 130 valence electrons. The van der Waals surface area contributed by atoms with Crippen LogP contribution in [0.25, 0.3) is 11.1 Å². The van der Waals surface area contributed by atoms with Gasteiger partial charge in [-0.2, -0.15) is 0 Å². The fourth-order valence-corrected chi connectivity index (χ4v) is 2.88. The lowest BCUT2D eigenvalue weighted by Gasteiger charge is -2.15. The largest absolute Gasteiger partial charge is 0.466 e. The van der Waals surface area contributed by atoms with Crippen molar-refractivity contribution in [3.63, 3.8) is 0 Å². The van der Waals surface area contributed by atoms with E-state index in [4.69, 9.17) is 4.74 Å². The van der Waals surface area contributed by atoms with E-state index in [0.29, 0.717) is 5.69 Å². The molecule has 25 heavy (non-hydrogen) atoms. The molecule has 0 saturated carbocycles. The monoisotopic (exact) mass is 357 g/mol. The van der Waals surface area contributed by atoms with Gasteiger partial charge in [-0.3, -0.25) is 0 Å². The van der Waals surface area contributed by atoms with E-state index in [-0.39, 0.29) is 5.70 Å². The predicted octanol–water partition coefficient (Wildman–Crippen LogP) is 3.72. The molecule has 0 spiro atoms. The molecule has 0 radical (unpaired) electrons. The number of para-hydroxylation sites is 1. The van der Waals surface area contributed by atoms with Gasteiger partial charge in [-0.25, -0.2) is 9.59 Å². The smallest absolute Gasteiger partial charge is 0.354 e. The normalized spacial score (nSPS) is 10.9. The summed E-state index contributed by atoms with van der Waals surface area (Å²) in [5.74, 6) is -1.30. The fraction of sp³-hybridized carbons (Fsp3) is 0.158. The maximum absolute atomic E-state index is 12.0. The van der Waals surface area contributed by atoms with Crippen molar-refractivity contribution in [3.05, 3.63) is 60.3 Å². The number of hydrogen-bond acceptors (Lipinski definition) is 6. The van der Waals surface area contributed by atoms with Gasteiger partial charge >= 0.3 is 11.9 Å². The Morgan fingerprint density at radius 3 is 2.24 bits per heavy atom. The Bertz CT molecular complexity index is 802. The second-order valence-corrected chi connectivity index (χ2v) is 5.79. The summed E-state index contributed by atoms with van der Waals surface area (Å²) in [5, 5.41) is 2.99. The van der Waals surface area contributed by atoms with E-state index in [9.17, 15) is 9.59 Å². The summed E-state index contributed by atoms with van der Waals surface area (Å²) in [6.45, 7) is 0. The molecule has 0 aliphatic heterocycles. The quantitative estimate of drug-likeness (QED) is 0.483. The van der Waals surface area contributed by atoms with Crippen LogP contribution in [0.1, 0.15) is 0 Å². The summed E-state index contributed by atoms with van der Waals surface area (Å²) in [4.78, 5) is 24.6. The second-order valence-electron chi connectivity index (χ2n) is 4.94. The number of hydrogen-bond donors (Lipinski definition) is 1. The second kappa shape index (κ2) is 8.94. The molecule has 0 bridgehead atoms. The van der Waals surface area contributed by atoms with Crippen molar-refractivity contribution < 1.29 is 19.1 Å². The Morgan fingerprint density at radius 2 is 1.60 bits per heavy atom. The molecule has 0 heterocycles. The molecule has 2 aromatic carbocycles. The fourth-order valence-electron chi connectivity index (χ4n) is 2.27. The van der Waals surface area contributed by atoms with Crippen LogP contribution in [0.15, 0.2) is 65.2 Å². The molecule has 0 aromatic heterocycles. The Balaban J connectivity index is 2.48. The lowest BCUT2D eigenvalue weighted by molar-refractivity contribution is -0.138. The van der Waals surface area contributed by atoms with Crippen molar-refractivity contribution in [3.8, 4) is 11.1 Å². The average Bonchev–Trinajstić information content (AvgIpc) is 2.67. The van der Waals surface area contributed by atoms with E-state index in [0.717, 1.165) is 22.1 Å².